The van der Waals surface area contributed by atoms with Crippen LogP contribution in [0.3, 0.4) is 0 Å². The Morgan fingerprint density at radius 1 is 1.41 bits per heavy atom. The summed E-state index contributed by atoms with van der Waals surface area (Å²) in [5.41, 5.74) is 0. The van der Waals surface area contributed by atoms with Gasteiger partial charge in [-0.05, 0) is 6.08 Å². The maximum atomic E-state index is 11.3. The van der Waals surface area contributed by atoms with Crippen molar-refractivity contribution in [1.29, 1.82) is 0 Å². The summed E-state index contributed by atoms with van der Waals surface area (Å²) < 4.78 is 9.89. The Morgan fingerprint density at radius 3 is 2.94 bits per heavy atom. The first-order chi connectivity index (χ1) is 8.15. The first-order valence-electron chi connectivity index (χ1n) is 5.14. The van der Waals surface area contributed by atoms with Gasteiger partial charge in [-0.25, -0.2) is 4.79 Å². The predicted octanol–water partition coefficient (Wildman–Crippen LogP) is -0.189. The van der Waals surface area contributed by atoms with Gasteiger partial charge in [-0.1, -0.05) is 0 Å². The van der Waals surface area contributed by atoms with Gasteiger partial charge in [-0.3, -0.25) is 9.59 Å². The van der Waals surface area contributed by atoms with Crippen molar-refractivity contribution >= 4 is 17.8 Å². The minimum atomic E-state index is -1.00. The van der Waals surface area contributed by atoms with Gasteiger partial charge >= 0.3 is 6.16 Å². The molecule has 92 valence electrons. The van der Waals surface area contributed by atoms with Crippen molar-refractivity contribution in [1.82, 2.24) is 5.06 Å². The second kappa shape index (κ2) is 4.96. The highest BCUT2D eigenvalue weighted by atomic mass is 16.8. The van der Waals surface area contributed by atoms with Gasteiger partial charge in [0.2, 0.25) is 0 Å². The van der Waals surface area contributed by atoms with Crippen LogP contribution in [0.1, 0.15) is 6.42 Å². The standard InChI is InChI=1S/C10H11NO6/c12-7-1-2-9(13)11(5-7)17-10(14)16-8-3-4-15-6-8/h1-2,8H,3-6H2/t8-/m0/s1. The molecule has 0 aromatic heterocycles. The van der Waals surface area contributed by atoms with Gasteiger partial charge in [0.25, 0.3) is 5.91 Å². The van der Waals surface area contributed by atoms with Crippen molar-refractivity contribution in [2.45, 2.75) is 12.5 Å². The molecule has 0 aromatic carbocycles. The summed E-state index contributed by atoms with van der Waals surface area (Å²) in [6, 6.07) is 0. The van der Waals surface area contributed by atoms with Crippen molar-refractivity contribution in [3.63, 3.8) is 0 Å². The molecule has 2 rings (SSSR count). The summed E-state index contributed by atoms with van der Waals surface area (Å²) in [7, 11) is 0. The van der Waals surface area contributed by atoms with E-state index >= 15 is 0 Å². The lowest BCUT2D eigenvalue weighted by Crippen LogP contribution is -2.39. The molecule has 0 aromatic rings. The Morgan fingerprint density at radius 2 is 2.24 bits per heavy atom. The van der Waals surface area contributed by atoms with Gasteiger partial charge in [-0.15, -0.1) is 0 Å². The molecule has 17 heavy (non-hydrogen) atoms. The van der Waals surface area contributed by atoms with E-state index in [-0.39, 0.29) is 18.4 Å². The summed E-state index contributed by atoms with van der Waals surface area (Å²) in [4.78, 5) is 38.2. The first-order valence-corrected chi connectivity index (χ1v) is 5.14. The molecule has 2 aliphatic rings. The van der Waals surface area contributed by atoms with Crippen LogP contribution >= 0.6 is 0 Å². The van der Waals surface area contributed by atoms with Crippen molar-refractivity contribution in [3.05, 3.63) is 12.2 Å². The van der Waals surface area contributed by atoms with Crippen LogP contribution < -0.4 is 0 Å². The van der Waals surface area contributed by atoms with E-state index in [0.29, 0.717) is 24.7 Å². The maximum absolute atomic E-state index is 11.3. The third-order valence-corrected chi connectivity index (χ3v) is 2.29. The Kier molecular flexibility index (Phi) is 3.38. The topological polar surface area (TPSA) is 82.1 Å². The van der Waals surface area contributed by atoms with Crippen LogP contribution in [0.4, 0.5) is 4.79 Å². The molecule has 1 saturated heterocycles. The van der Waals surface area contributed by atoms with Gasteiger partial charge in [0.15, 0.2) is 5.78 Å². The average molecular weight is 241 g/mol. The Bertz CT molecular complexity index is 371. The van der Waals surface area contributed by atoms with E-state index in [9.17, 15) is 14.4 Å². The van der Waals surface area contributed by atoms with Crippen molar-refractivity contribution in [2.24, 2.45) is 0 Å². The SMILES string of the molecule is O=C1C=CC(=O)N(OC(=O)O[C@H]2CCOC2)C1. The number of rotatable bonds is 2. The second-order valence-corrected chi connectivity index (χ2v) is 3.62. The lowest BCUT2D eigenvalue weighted by Gasteiger charge is -2.21. The van der Waals surface area contributed by atoms with E-state index in [0.717, 1.165) is 12.2 Å². The zero-order chi connectivity index (χ0) is 12.3. The molecule has 0 spiro atoms. The molecule has 0 unspecified atom stereocenters. The second-order valence-electron chi connectivity index (χ2n) is 3.62. The van der Waals surface area contributed by atoms with E-state index in [1.165, 1.54) is 0 Å². The van der Waals surface area contributed by atoms with Crippen LogP contribution in [0.25, 0.3) is 0 Å². The minimum absolute atomic E-state index is 0.286. The lowest BCUT2D eigenvalue weighted by molar-refractivity contribution is -0.172. The molecule has 2 heterocycles. The summed E-state index contributed by atoms with van der Waals surface area (Å²) >= 11 is 0. The zero-order valence-electron chi connectivity index (χ0n) is 8.96. The number of amides is 1. The van der Waals surface area contributed by atoms with Crippen molar-refractivity contribution in [3.8, 4) is 0 Å². The van der Waals surface area contributed by atoms with Crippen LogP contribution in [0.15, 0.2) is 12.2 Å². The van der Waals surface area contributed by atoms with Crippen LogP contribution in [0.2, 0.25) is 0 Å². The molecule has 7 heteroatoms. The van der Waals surface area contributed by atoms with Gasteiger partial charge in [0, 0.05) is 12.5 Å². The average Bonchev–Trinajstić information content (AvgIpc) is 2.76. The molecular formula is C10H11NO6. The zero-order valence-corrected chi connectivity index (χ0v) is 8.96. The van der Waals surface area contributed by atoms with E-state index in [1.807, 2.05) is 0 Å². The number of hydrogen-bond donors (Lipinski definition) is 0. The normalized spacial score (nSPS) is 24.0. The predicted molar refractivity (Wildman–Crippen MR) is 52.7 cm³/mol. The number of hydroxylamine groups is 2. The largest absolute Gasteiger partial charge is 0.533 e. The molecule has 1 atom stereocenters. The summed E-state index contributed by atoms with van der Waals surface area (Å²) in [6.07, 6.45) is 1.42. The summed E-state index contributed by atoms with van der Waals surface area (Å²) in [5, 5.41) is 0.667. The summed E-state index contributed by atoms with van der Waals surface area (Å²) in [6.45, 7) is 0.565. The molecule has 0 saturated carbocycles. The van der Waals surface area contributed by atoms with E-state index in [2.05, 4.69) is 4.84 Å². The highest BCUT2D eigenvalue weighted by molar-refractivity contribution is 6.04. The van der Waals surface area contributed by atoms with Gasteiger partial charge < -0.3 is 14.3 Å². The van der Waals surface area contributed by atoms with Gasteiger partial charge in [-0.2, -0.15) is 5.06 Å². The van der Waals surface area contributed by atoms with Crippen molar-refractivity contribution in [2.75, 3.05) is 19.8 Å². The minimum Gasteiger partial charge on any atom is -0.427 e. The number of ether oxygens (including phenoxy) is 2. The molecule has 7 nitrogen and oxygen atoms in total. The Balaban J connectivity index is 1.83. The molecule has 0 N–H and O–H groups in total. The number of hydrogen-bond acceptors (Lipinski definition) is 6. The molecule has 0 bridgehead atoms. The number of carbonyl (C=O) groups excluding carboxylic acids is 3. The fourth-order valence-corrected chi connectivity index (χ4v) is 1.45. The van der Waals surface area contributed by atoms with Gasteiger partial charge in [0.1, 0.15) is 12.6 Å². The van der Waals surface area contributed by atoms with Crippen LogP contribution in [0.5, 0.6) is 0 Å². The van der Waals surface area contributed by atoms with Crippen LogP contribution in [-0.2, 0) is 23.9 Å². The van der Waals surface area contributed by atoms with Crippen LogP contribution in [-0.4, -0.2) is 48.8 Å². The van der Waals surface area contributed by atoms with E-state index < -0.39 is 12.1 Å². The van der Waals surface area contributed by atoms with E-state index in [1.54, 1.807) is 0 Å². The fourth-order valence-electron chi connectivity index (χ4n) is 1.45. The molecule has 0 radical (unpaired) electrons. The quantitative estimate of drug-likeness (QED) is 0.623. The van der Waals surface area contributed by atoms with Crippen molar-refractivity contribution < 1.29 is 28.7 Å². The van der Waals surface area contributed by atoms with Crippen LogP contribution in [0, 0.1) is 0 Å². The molecular weight excluding hydrogens is 230 g/mol. The lowest BCUT2D eigenvalue weighted by atomic mass is 10.3. The third kappa shape index (κ3) is 3.04. The summed E-state index contributed by atoms with van der Waals surface area (Å²) in [5.74, 6) is -0.883. The Labute approximate surface area is 96.9 Å². The fraction of sp³-hybridized carbons (Fsp3) is 0.500. The third-order valence-electron chi connectivity index (χ3n) is 2.29. The molecule has 1 amide bonds. The highest BCUT2D eigenvalue weighted by Crippen LogP contribution is 2.10. The highest BCUT2D eigenvalue weighted by Gasteiger charge is 2.26. The molecule has 0 aliphatic carbocycles. The smallest absolute Gasteiger partial charge is 0.427 e. The van der Waals surface area contributed by atoms with E-state index in [4.69, 9.17) is 9.47 Å². The molecule has 2 aliphatic heterocycles. The number of ketones is 1. The maximum Gasteiger partial charge on any atom is 0.533 e. The first kappa shape index (κ1) is 11.6. The molecule has 1 fully saturated rings. The number of carbonyl (C=O) groups is 3. The Hall–Kier alpha value is -1.89. The monoisotopic (exact) mass is 241 g/mol. The number of nitrogens with zero attached hydrogens (tertiary/aromatic N) is 1. The van der Waals surface area contributed by atoms with Gasteiger partial charge in [0.05, 0.1) is 13.2 Å².